The van der Waals surface area contributed by atoms with Crippen molar-refractivity contribution in [2.45, 2.75) is 44.9 Å². The molecule has 1 unspecified atom stereocenters. The maximum atomic E-state index is 13.1. The fourth-order valence-corrected chi connectivity index (χ4v) is 5.37. The molecule has 2 aromatic heterocycles. The molecule has 0 radical (unpaired) electrons. The molecule has 2 aliphatic rings. The number of fused-ring (bicyclic) bond motifs is 2. The number of hydrogen-bond donors (Lipinski definition) is 1. The Morgan fingerprint density at radius 2 is 2.00 bits per heavy atom. The van der Waals surface area contributed by atoms with Crippen LogP contribution in [0, 0.1) is 0 Å². The van der Waals surface area contributed by atoms with Gasteiger partial charge in [-0.25, -0.2) is 9.97 Å². The quantitative estimate of drug-likeness (QED) is 0.619. The number of rotatable bonds is 3. The Hall–Kier alpha value is -2.29. The van der Waals surface area contributed by atoms with Gasteiger partial charge < -0.3 is 10.0 Å². The first kappa shape index (κ1) is 20.6. The van der Waals surface area contributed by atoms with Crippen molar-refractivity contribution in [2.75, 3.05) is 19.6 Å². The van der Waals surface area contributed by atoms with Crippen molar-refractivity contribution >= 4 is 27.6 Å². The molecule has 1 fully saturated rings. The summed E-state index contributed by atoms with van der Waals surface area (Å²) in [6, 6.07) is 8.60. The molecule has 4 heterocycles. The predicted molar refractivity (Wildman–Crippen MR) is 121 cm³/mol. The molecule has 7 nitrogen and oxygen atoms in total. The third kappa shape index (κ3) is 3.88. The Kier molecular flexibility index (Phi) is 5.54. The fourth-order valence-electron chi connectivity index (χ4n) is 4.78. The molecule has 0 aliphatic carbocycles. The Bertz CT molecular complexity index is 1130. The van der Waals surface area contributed by atoms with Crippen LogP contribution in [0.2, 0.25) is 0 Å². The number of benzene rings is 1. The average Bonchev–Trinajstić information content (AvgIpc) is 3.20. The second kappa shape index (κ2) is 8.33. The van der Waals surface area contributed by atoms with Crippen LogP contribution in [0.25, 0.3) is 5.78 Å². The maximum absolute atomic E-state index is 13.1. The van der Waals surface area contributed by atoms with Gasteiger partial charge in [-0.1, -0.05) is 31.2 Å². The zero-order valence-corrected chi connectivity index (χ0v) is 19.1. The van der Waals surface area contributed by atoms with Gasteiger partial charge in [-0.05, 0) is 46.3 Å². The SMILES string of the molecule is CCc1nc2nc(C(=O)N3CC[C@H](N4CCc5ccccc5C4)C(O)C3)cn2cc1Br. The molecule has 1 amide bonds. The van der Waals surface area contributed by atoms with E-state index in [4.69, 9.17) is 0 Å². The summed E-state index contributed by atoms with van der Waals surface area (Å²) in [6.07, 6.45) is 5.58. The molecule has 1 N–H and O–H groups in total. The second-order valence-electron chi connectivity index (χ2n) is 8.39. The van der Waals surface area contributed by atoms with E-state index >= 15 is 0 Å². The highest BCUT2D eigenvalue weighted by Gasteiger charge is 2.35. The molecule has 5 rings (SSSR count). The number of aromatic nitrogens is 3. The lowest BCUT2D eigenvalue weighted by Gasteiger charge is -2.43. The van der Waals surface area contributed by atoms with Gasteiger partial charge in [-0.15, -0.1) is 0 Å². The standard InChI is InChI=1S/C23H26BrN5O2/c1-2-18-17(24)12-29-13-19(26-23(29)25-18)22(31)28-10-8-20(21(30)14-28)27-9-7-15-5-3-4-6-16(15)11-27/h3-6,12-13,20-21,30H,2,7-11,14H2,1H3/t20-,21?/m0/s1. The summed E-state index contributed by atoms with van der Waals surface area (Å²) in [5.41, 5.74) is 4.02. The first-order valence-corrected chi connectivity index (χ1v) is 11.6. The van der Waals surface area contributed by atoms with Crippen molar-refractivity contribution < 1.29 is 9.90 Å². The number of amides is 1. The summed E-state index contributed by atoms with van der Waals surface area (Å²) in [7, 11) is 0. The lowest BCUT2D eigenvalue weighted by Crippen LogP contribution is -2.56. The van der Waals surface area contributed by atoms with Crippen molar-refractivity contribution in [3.63, 3.8) is 0 Å². The van der Waals surface area contributed by atoms with Crippen LogP contribution in [0.5, 0.6) is 0 Å². The van der Waals surface area contributed by atoms with Gasteiger partial charge >= 0.3 is 0 Å². The zero-order valence-electron chi connectivity index (χ0n) is 17.5. The van der Waals surface area contributed by atoms with Crippen LogP contribution in [0.15, 0.2) is 41.1 Å². The molecular weight excluding hydrogens is 458 g/mol. The minimum atomic E-state index is -0.570. The van der Waals surface area contributed by atoms with Crippen molar-refractivity contribution in [2.24, 2.45) is 0 Å². The molecule has 8 heteroatoms. The molecule has 1 aromatic carbocycles. The number of halogens is 1. The highest BCUT2D eigenvalue weighted by Crippen LogP contribution is 2.26. The third-order valence-corrected chi connectivity index (χ3v) is 7.16. The number of piperidine rings is 1. The van der Waals surface area contributed by atoms with Gasteiger partial charge in [0.2, 0.25) is 5.78 Å². The van der Waals surface area contributed by atoms with Crippen molar-refractivity contribution in [3.8, 4) is 0 Å². The number of carbonyl (C=O) groups excluding carboxylic acids is 1. The summed E-state index contributed by atoms with van der Waals surface area (Å²) >= 11 is 3.52. The largest absolute Gasteiger partial charge is 0.390 e. The van der Waals surface area contributed by atoms with Crippen molar-refractivity contribution in [3.05, 3.63) is 63.6 Å². The van der Waals surface area contributed by atoms with Crippen molar-refractivity contribution in [1.82, 2.24) is 24.2 Å². The van der Waals surface area contributed by atoms with Gasteiger partial charge in [0, 0.05) is 44.6 Å². The van der Waals surface area contributed by atoms with Gasteiger partial charge in [0.1, 0.15) is 5.69 Å². The Morgan fingerprint density at radius 1 is 1.19 bits per heavy atom. The van der Waals surface area contributed by atoms with E-state index in [0.29, 0.717) is 24.6 Å². The van der Waals surface area contributed by atoms with Crippen LogP contribution in [0.1, 0.15) is 40.7 Å². The Labute approximate surface area is 189 Å². The average molecular weight is 484 g/mol. The molecule has 2 aliphatic heterocycles. The number of β-amino-alcohol motifs (C(OH)–C–C–N with tert-alkyl or cyclic N) is 1. The minimum absolute atomic E-state index is 0.0724. The lowest BCUT2D eigenvalue weighted by atomic mass is 9.94. The number of aliphatic hydroxyl groups is 1. The van der Waals surface area contributed by atoms with Crippen LogP contribution in [-0.2, 0) is 19.4 Å². The van der Waals surface area contributed by atoms with E-state index in [2.05, 4.69) is 55.1 Å². The van der Waals surface area contributed by atoms with Crippen LogP contribution in [-0.4, -0.2) is 67.0 Å². The topological polar surface area (TPSA) is 74.0 Å². The number of hydrogen-bond acceptors (Lipinski definition) is 5. The maximum Gasteiger partial charge on any atom is 0.274 e. The number of likely N-dealkylation sites (tertiary alicyclic amines) is 1. The predicted octanol–water partition coefficient (Wildman–Crippen LogP) is 2.69. The molecule has 0 saturated carbocycles. The van der Waals surface area contributed by atoms with E-state index in [-0.39, 0.29) is 11.9 Å². The normalized spacial score (nSPS) is 22.0. The second-order valence-corrected chi connectivity index (χ2v) is 9.24. The van der Waals surface area contributed by atoms with Gasteiger partial charge in [-0.2, -0.15) is 0 Å². The number of nitrogens with zero attached hydrogens (tertiary/aromatic N) is 5. The highest BCUT2D eigenvalue weighted by molar-refractivity contribution is 9.10. The van der Waals surface area contributed by atoms with Gasteiger partial charge in [-0.3, -0.25) is 14.1 Å². The van der Waals surface area contributed by atoms with E-state index in [0.717, 1.165) is 42.5 Å². The van der Waals surface area contributed by atoms with Crippen LogP contribution >= 0.6 is 15.9 Å². The number of aryl methyl sites for hydroxylation is 1. The molecule has 1 saturated heterocycles. The summed E-state index contributed by atoms with van der Waals surface area (Å²) in [5, 5.41) is 10.9. The van der Waals surface area contributed by atoms with Gasteiger partial charge in [0.25, 0.3) is 5.91 Å². The van der Waals surface area contributed by atoms with E-state index < -0.39 is 6.10 Å². The van der Waals surface area contributed by atoms with Gasteiger partial charge in [0.05, 0.1) is 16.3 Å². The zero-order chi connectivity index (χ0) is 21.5. The molecule has 162 valence electrons. The van der Waals surface area contributed by atoms with E-state index in [1.165, 1.54) is 11.1 Å². The van der Waals surface area contributed by atoms with E-state index in [1.54, 1.807) is 15.5 Å². The Balaban J connectivity index is 1.28. The summed E-state index contributed by atoms with van der Waals surface area (Å²) in [5.74, 6) is 0.368. The number of carbonyl (C=O) groups is 1. The third-order valence-electron chi connectivity index (χ3n) is 6.49. The number of aliphatic hydroxyl groups excluding tert-OH is 1. The monoisotopic (exact) mass is 483 g/mol. The minimum Gasteiger partial charge on any atom is -0.390 e. The lowest BCUT2D eigenvalue weighted by molar-refractivity contribution is -0.0139. The summed E-state index contributed by atoms with van der Waals surface area (Å²) < 4.78 is 2.67. The fraction of sp³-hybridized carbons (Fsp3) is 0.435. The first-order chi connectivity index (χ1) is 15.0. The van der Waals surface area contributed by atoms with E-state index in [9.17, 15) is 9.90 Å². The molecule has 2 atom stereocenters. The highest BCUT2D eigenvalue weighted by atomic mass is 79.9. The van der Waals surface area contributed by atoms with E-state index in [1.807, 2.05) is 13.1 Å². The smallest absolute Gasteiger partial charge is 0.274 e. The summed E-state index contributed by atoms with van der Waals surface area (Å²) in [4.78, 5) is 26.1. The van der Waals surface area contributed by atoms with Crippen molar-refractivity contribution in [1.29, 1.82) is 0 Å². The van der Waals surface area contributed by atoms with Crippen LogP contribution < -0.4 is 0 Å². The molecule has 0 bridgehead atoms. The molecule has 0 spiro atoms. The first-order valence-electron chi connectivity index (χ1n) is 10.9. The number of imidazole rings is 1. The van der Waals surface area contributed by atoms with Crippen LogP contribution in [0.3, 0.4) is 0 Å². The molecule has 31 heavy (non-hydrogen) atoms. The molecular formula is C23H26BrN5O2. The Morgan fingerprint density at radius 3 is 2.77 bits per heavy atom. The van der Waals surface area contributed by atoms with Gasteiger partial charge in [0.15, 0.2) is 0 Å². The van der Waals surface area contributed by atoms with Crippen LogP contribution in [0.4, 0.5) is 0 Å². The molecule has 3 aromatic rings. The summed E-state index contributed by atoms with van der Waals surface area (Å²) in [6.45, 7) is 4.78.